The van der Waals surface area contributed by atoms with Crippen LogP contribution in [-0.2, 0) is 9.53 Å². The topological polar surface area (TPSA) is 26.3 Å². The lowest BCUT2D eigenvalue weighted by Crippen LogP contribution is -3.00. The molecule has 0 aromatic heterocycles. The van der Waals surface area contributed by atoms with Crippen LogP contribution in [0.2, 0.25) is 0 Å². The van der Waals surface area contributed by atoms with Crippen molar-refractivity contribution in [1.29, 1.82) is 0 Å². The monoisotopic (exact) mass is 261 g/mol. The number of carbonyl (C=O) groups excluding carboxylic acids is 1. The molecule has 3 nitrogen and oxygen atoms in total. The summed E-state index contributed by atoms with van der Waals surface area (Å²) in [6.07, 6.45) is 1.54. The van der Waals surface area contributed by atoms with Crippen LogP contribution in [0.5, 0.6) is 0 Å². The molecule has 0 aromatic carbocycles. The molecule has 0 aliphatic heterocycles. The summed E-state index contributed by atoms with van der Waals surface area (Å²) in [4.78, 5) is 11.0. The molecule has 0 aromatic rings. The molecule has 0 aliphatic rings. The van der Waals surface area contributed by atoms with E-state index in [1.165, 1.54) is 13.2 Å². The van der Waals surface area contributed by atoms with Crippen molar-refractivity contribution in [2.45, 2.75) is 0 Å². The highest BCUT2D eigenvalue weighted by atomic mass is 79.9. The fourth-order valence-electron chi connectivity index (χ4n) is 0.802. The molecule has 0 fully saturated rings. The van der Waals surface area contributed by atoms with E-state index in [0.717, 1.165) is 0 Å². The third kappa shape index (κ3) is 7.84. The lowest BCUT2D eigenvalue weighted by molar-refractivity contribution is -0.875. The number of hydrogen-bond donors (Lipinski definition) is 0. The Morgan fingerprint density at radius 1 is 1.57 bits per heavy atom. The summed E-state index contributed by atoms with van der Waals surface area (Å²) in [5, 5.41) is 0. The van der Waals surface area contributed by atoms with E-state index < -0.39 is 0 Å². The maximum Gasteiger partial charge on any atom is 0.361 e. The molecule has 0 aliphatic carbocycles. The van der Waals surface area contributed by atoms with Crippen molar-refractivity contribution in [2.24, 2.45) is 0 Å². The van der Waals surface area contributed by atoms with Gasteiger partial charge in [0, 0.05) is 0 Å². The van der Waals surface area contributed by atoms with Gasteiger partial charge >= 0.3 is 5.97 Å². The van der Waals surface area contributed by atoms with Crippen molar-refractivity contribution in [3.8, 4) is 11.8 Å². The molecule has 0 amide bonds. The standard InChI is InChI=1S/C10H16NO2.BrH/c1-5-6-7-8-11(2,3)9-10(12)13-4;/h5H,1,8-9H2,2-4H3;1H/q+1;/p-1. The predicted octanol–water partition coefficient (Wildman–Crippen LogP) is -2.57. The fourth-order valence-corrected chi connectivity index (χ4v) is 0.802. The van der Waals surface area contributed by atoms with Crippen LogP contribution in [0.1, 0.15) is 0 Å². The Balaban J connectivity index is 0. The minimum atomic E-state index is -0.217. The molecule has 0 rings (SSSR count). The van der Waals surface area contributed by atoms with Gasteiger partial charge in [0.05, 0.1) is 21.2 Å². The molecule has 80 valence electrons. The van der Waals surface area contributed by atoms with Crippen molar-refractivity contribution in [3.63, 3.8) is 0 Å². The molecular weight excluding hydrogens is 246 g/mol. The molecule has 0 heterocycles. The fraction of sp³-hybridized carbons (Fsp3) is 0.500. The van der Waals surface area contributed by atoms with Gasteiger partial charge in [-0.2, -0.15) is 0 Å². The van der Waals surface area contributed by atoms with Crippen molar-refractivity contribution >= 4 is 5.97 Å². The summed E-state index contributed by atoms with van der Waals surface area (Å²) in [6, 6.07) is 0. The average Bonchev–Trinajstić information content (AvgIpc) is 2.03. The number of carbonyl (C=O) groups is 1. The van der Waals surface area contributed by atoms with Crippen molar-refractivity contribution in [1.82, 2.24) is 0 Å². The lowest BCUT2D eigenvalue weighted by Gasteiger charge is -2.25. The van der Waals surface area contributed by atoms with Gasteiger partial charge in [0.1, 0.15) is 6.54 Å². The largest absolute Gasteiger partial charge is 1.00 e. The molecule has 0 bridgehead atoms. The number of halogens is 1. The van der Waals surface area contributed by atoms with E-state index in [2.05, 4.69) is 23.2 Å². The smallest absolute Gasteiger partial charge is 0.361 e. The van der Waals surface area contributed by atoms with Crippen LogP contribution >= 0.6 is 0 Å². The Hall–Kier alpha value is -0.790. The molecule has 0 N–H and O–H groups in total. The summed E-state index contributed by atoms with van der Waals surface area (Å²) in [6.45, 7) is 4.43. The van der Waals surface area contributed by atoms with Gasteiger partial charge in [-0.1, -0.05) is 12.5 Å². The lowest BCUT2D eigenvalue weighted by atomic mass is 10.4. The molecule has 0 spiro atoms. The first-order valence-electron chi connectivity index (χ1n) is 4.00. The number of nitrogens with zero attached hydrogens (tertiary/aromatic N) is 1. The van der Waals surface area contributed by atoms with Crippen LogP contribution in [0.3, 0.4) is 0 Å². The van der Waals surface area contributed by atoms with E-state index in [1.54, 1.807) is 0 Å². The van der Waals surface area contributed by atoms with Crippen molar-refractivity contribution in [3.05, 3.63) is 12.7 Å². The second kappa shape index (κ2) is 7.60. The second-order valence-electron chi connectivity index (χ2n) is 3.35. The van der Waals surface area contributed by atoms with Gasteiger partial charge in [-0.3, -0.25) is 0 Å². The quantitative estimate of drug-likeness (QED) is 0.317. The predicted molar refractivity (Wildman–Crippen MR) is 51.8 cm³/mol. The van der Waals surface area contributed by atoms with Gasteiger partial charge in [0.25, 0.3) is 0 Å². The third-order valence-corrected chi connectivity index (χ3v) is 1.50. The average molecular weight is 262 g/mol. The van der Waals surface area contributed by atoms with E-state index in [0.29, 0.717) is 17.6 Å². The van der Waals surface area contributed by atoms with Crippen LogP contribution < -0.4 is 17.0 Å². The van der Waals surface area contributed by atoms with Crippen LogP contribution in [0, 0.1) is 11.8 Å². The Kier molecular flexibility index (Phi) is 8.51. The van der Waals surface area contributed by atoms with Gasteiger partial charge in [0.15, 0.2) is 6.54 Å². The zero-order valence-corrected chi connectivity index (χ0v) is 10.4. The van der Waals surface area contributed by atoms with E-state index in [9.17, 15) is 4.79 Å². The first kappa shape index (κ1) is 15.7. The Morgan fingerprint density at radius 2 is 2.14 bits per heavy atom. The van der Waals surface area contributed by atoms with Crippen molar-refractivity contribution < 1.29 is 31.0 Å². The van der Waals surface area contributed by atoms with E-state index in [-0.39, 0.29) is 23.0 Å². The third-order valence-electron chi connectivity index (χ3n) is 1.50. The first-order valence-corrected chi connectivity index (χ1v) is 4.00. The molecule has 0 saturated heterocycles. The van der Waals surface area contributed by atoms with Gasteiger partial charge in [0.2, 0.25) is 0 Å². The van der Waals surface area contributed by atoms with Gasteiger partial charge in [-0.05, 0) is 12.0 Å². The minimum Gasteiger partial charge on any atom is -1.00 e. The summed E-state index contributed by atoms with van der Waals surface area (Å²) in [7, 11) is 5.24. The summed E-state index contributed by atoms with van der Waals surface area (Å²) in [5.74, 6) is 5.43. The number of rotatable bonds is 3. The minimum absolute atomic E-state index is 0. The molecular formula is C10H16BrNO2. The number of quaternary nitrogens is 1. The molecule has 0 unspecified atom stereocenters. The molecule has 0 radical (unpaired) electrons. The summed E-state index contributed by atoms with van der Waals surface area (Å²) in [5.41, 5.74) is 0. The number of hydrogen-bond acceptors (Lipinski definition) is 2. The van der Waals surface area contributed by atoms with Gasteiger partial charge < -0.3 is 26.2 Å². The maximum atomic E-state index is 11.0. The van der Waals surface area contributed by atoms with Crippen LogP contribution in [0.4, 0.5) is 0 Å². The SMILES string of the molecule is C=CC#CC[N+](C)(C)CC(=O)OC.[Br-]. The zero-order valence-electron chi connectivity index (χ0n) is 8.84. The molecule has 14 heavy (non-hydrogen) atoms. The van der Waals surface area contributed by atoms with E-state index in [4.69, 9.17) is 0 Å². The Bertz CT molecular complexity index is 251. The van der Waals surface area contributed by atoms with Crippen LogP contribution in [0.25, 0.3) is 0 Å². The number of allylic oxidation sites excluding steroid dienone is 1. The number of likely N-dealkylation sites (N-methyl/N-ethyl adjacent to an activating group) is 1. The highest BCUT2D eigenvalue weighted by Crippen LogP contribution is 1.95. The van der Waals surface area contributed by atoms with E-state index >= 15 is 0 Å². The van der Waals surface area contributed by atoms with Gasteiger partial charge in [-0.15, -0.1) is 0 Å². The highest BCUT2D eigenvalue weighted by molar-refractivity contribution is 5.70. The maximum absolute atomic E-state index is 11.0. The van der Waals surface area contributed by atoms with E-state index in [1.807, 2.05) is 14.1 Å². The van der Waals surface area contributed by atoms with Crippen molar-refractivity contribution in [2.75, 3.05) is 34.3 Å². The highest BCUT2D eigenvalue weighted by Gasteiger charge is 2.18. The van der Waals surface area contributed by atoms with Crippen LogP contribution in [-0.4, -0.2) is 44.7 Å². The first-order chi connectivity index (χ1) is 6.02. The summed E-state index contributed by atoms with van der Waals surface area (Å²) >= 11 is 0. The number of esters is 1. The molecule has 0 saturated carbocycles. The Labute approximate surface area is 96.1 Å². The number of methoxy groups -OCH3 is 1. The second-order valence-corrected chi connectivity index (χ2v) is 3.35. The Morgan fingerprint density at radius 3 is 2.57 bits per heavy atom. The molecule has 4 heteroatoms. The zero-order chi connectivity index (χ0) is 10.3. The normalized spacial score (nSPS) is 9.07. The number of ether oxygens (including phenoxy) is 1. The molecule has 0 atom stereocenters. The van der Waals surface area contributed by atoms with Crippen LogP contribution in [0.15, 0.2) is 12.7 Å². The van der Waals surface area contributed by atoms with Gasteiger partial charge in [-0.25, -0.2) is 4.79 Å². The summed E-state index contributed by atoms with van der Waals surface area (Å²) < 4.78 is 5.08.